The molecule has 1 aliphatic carbocycles. The summed E-state index contributed by atoms with van der Waals surface area (Å²) in [5.41, 5.74) is 3.07. The third kappa shape index (κ3) is 2.96. The van der Waals surface area contributed by atoms with Gasteiger partial charge in [0.1, 0.15) is 6.54 Å². The maximum Gasteiger partial charge on any atom is 0.240 e. The Labute approximate surface area is 118 Å². The van der Waals surface area contributed by atoms with Crippen molar-refractivity contribution < 1.29 is 4.79 Å². The second kappa shape index (κ2) is 5.33. The molecule has 20 heavy (non-hydrogen) atoms. The molecule has 0 unspecified atom stereocenters. The number of aromatic nitrogens is 1. The maximum atomic E-state index is 11.7. The molecule has 102 valence electrons. The minimum atomic E-state index is 0.0841. The molecule has 1 N–H and O–H groups in total. The normalized spacial score (nSPS) is 14.0. The van der Waals surface area contributed by atoms with Crippen LogP contribution in [-0.4, -0.2) is 23.2 Å². The molecule has 1 aliphatic rings. The number of nitrogens with one attached hydrogen (secondary N) is 1. The summed E-state index contributed by atoms with van der Waals surface area (Å²) >= 11 is 0. The Balaban J connectivity index is 1.68. The molecule has 1 aromatic carbocycles. The quantitative estimate of drug-likeness (QED) is 0.832. The Morgan fingerprint density at radius 1 is 1.25 bits per heavy atom. The fourth-order valence-electron chi connectivity index (χ4n) is 2.14. The molecule has 0 radical (unpaired) electrons. The van der Waals surface area contributed by atoms with E-state index >= 15 is 0 Å². The van der Waals surface area contributed by atoms with Gasteiger partial charge in [0, 0.05) is 18.4 Å². The highest BCUT2D eigenvalue weighted by molar-refractivity contribution is 5.76. The van der Waals surface area contributed by atoms with Gasteiger partial charge in [0.25, 0.3) is 0 Å². The lowest BCUT2D eigenvalue weighted by molar-refractivity contribution is -0.121. The Morgan fingerprint density at radius 3 is 2.65 bits per heavy atom. The smallest absolute Gasteiger partial charge is 0.240 e. The topological polar surface area (TPSA) is 46.4 Å². The van der Waals surface area contributed by atoms with Gasteiger partial charge in [-0.3, -0.25) is 9.79 Å². The molecule has 1 fully saturated rings. The predicted molar refractivity (Wildman–Crippen MR) is 80.2 cm³/mol. The van der Waals surface area contributed by atoms with Gasteiger partial charge >= 0.3 is 0 Å². The SMILES string of the molecule is C=Nc1ccc(-c2ccn(CC(=O)NC3CC3)c2)cc1. The largest absolute Gasteiger partial charge is 0.352 e. The average Bonchev–Trinajstić information content (AvgIpc) is 3.15. The van der Waals surface area contributed by atoms with Crippen LogP contribution in [-0.2, 0) is 11.3 Å². The van der Waals surface area contributed by atoms with Crippen LogP contribution in [0.1, 0.15) is 12.8 Å². The number of hydrogen-bond donors (Lipinski definition) is 1. The summed E-state index contributed by atoms with van der Waals surface area (Å²) in [5, 5.41) is 2.99. The minimum Gasteiger partial charge on any atom is -0.352 e. The van der Waals surface area contributed by atoms with Crippen LogP contribution in [0.15, 0.2) is 47.7 Å². The number of benzene rings is 1. The van der Waals surface area contributed by atoms with Gasteiger partial charge in [0.2, 0.25) is 5.91 Å². The van der Waals surface area contributed by atoms with Gasteiger partial charge in [-0.2, -0.15) is 0 Å². The maximum absolute atomic E-state index is 11.7. The second-order valence-electron chi connectivity index (χ2n) is 5.12. The van der Waals surface area contributed by atoms with Crippen LogP contribution in [0.25, 0.3) is 11.1 Å². The molecule has 0 spiro atoms. The third-order valence-electron chi connectivity index (χ3n) is 3.40. The summed E-state index contributed by atoms with van der Waals surface area (Å²) in [6, 6.07) is 10.3. The zero-order chi connectivity index (χ0) is 13.9. The lowest BCUT2D eigenvalue weighted by Crippen LogP contribution is -2.28. The van der Waals surface area contributed by atoms with Crippen molar-refractivity contribution in [3.8, 4) is 11.1 Å². The van der Waals surface area contributed by atoms with Crippen molar-refractivity contribution in [2.75, 3.05) is 0 Å². The predicted octanol–water partition coefficient (Wildman–Crippen LogP) is 2.77. The Hall–Kier alpha value is -2.36. The highest BCUT2D eigenvalue weighted by Gasteiger charge is 2.23. The first-order valence-electron chi connectivity index (χ1n) is 6.77. The van der Waals surface area contributed by atoms with Crippen molar-refractivity contribution in [1.29, 1.82) is 0 Å². The minimum absolute atomic E-state index is 0.0841. The highest BCUT2D eigenvalue weighted by Crippen LogP contribution is 2.23. The van der Waals surface area contributed by atoms with Crippen LogP contribution in [0.5, 0.6) is 0 Å². The molecule has 1 aromatic heterocycles. The first-order valence-corrected chi connectivity index (χ1v) is 6.77. The molecular formula is C16H17N3O. The van der Waals surface area contributed by atoms with E-state index in [1.807, 2.05) is 47.3 Å². The first-order chi connectivity index (χ1) is 9.74. The van der Waals surface area contributed by atoms with E-state index in [2.05, 4.69) is 17.0 Å². The van der Waals surface area contributed by atoms with Crippen molar-refractivity contribution in [2.24, 2.45) is 4.99 Å². The van der Waals surface area contributed by atoms with Crippen LogP contribution in [0.3, 0.4) is 0 Å². The van der Waals surface area contributed by atoms with E-state index in [1.54, 1.807) is 0 Å². The zero-order valence-corrected chi connectivity index (χ0v) is 11.2. The molecule has 3 rings (SSSR count). The molecule has 0 saturated heterocycles. The van der Waals surface area contributed by atoms with E-state index in [4.69, 9.17) is 0 Å². The molecule has 0 aliphatic heterocycles. The number of nitrogens with zero attached hydrogens (tertiary/aromatic N) is 2. The molecule has 1 heterocycles. The fourth-order valence-corrected chi connectivity index (χ4v) is 2.14. The van der Waals surface area contributed by atoms with Gasteiger partial charge in [0.05, 0.1) is 5.69 Å². The number of rotatable bonds is 5. The van der Waals surface area contributed by atoms with E-state index in [-0.39, 0.29) is 5.91 Å². The van der Waals surface area contributed by atoms with Gasteiger partial charge in [-0.05, 0) is 48.9 Å². The summed E-state index contributed by atoms with van der Waals surface area (Å²) in [6.45, 7) is 3.88. The average molecular weight is 267 g/mol. The van der Waals surface area contributed by atoms with Gasteiger partial charge in [0.15, 0.2) is 0 Å². The number of aliphatic imine (C=N–C) groups is 1. The van der Waals surface area contributed by atoms with E-state index in [9.17, 15) is 4.79 Å². The molecule has 1 amide bonds. The Kier molecular flexibility index (Phi) is 3.37. The summed E-state index contributed by atoms with van der Waals surface area (Å²) in [6.07, 6.45) is 6.16. The molecule has 4 nitrogen and oxygen atoms in total. The van der Waals surface area contributed by atoms with Gasteiger partial charge in [-0.1, -0.05) is 12.1 Å². The lowest BCUT2D eigenvalue weighted by Gasteiger charge is -2.04. The monoisotopic (exact) mass is 267 g/mol. The third-order valence-corrected chi connectivity index (χ3v) is 3.40. The van der Waals surface area contributed by atoms with Crippen molar-refractivity contribution >= 4 is 18.3 Å². The molecule has 0 atom stereocenters. The first kappa shape index (κ1) is 12.7. The molecular weight excluding hydrogens is 250 g/mol. The van der Waals surface area contributed by atoms with E-state index in [1.165, 1.54) is 0 Å². The van der Waals surface area contributed by atoms with Gasteiger partial charge < -0.3 is 9.88 Å². The number of hydrogen-bond acceptors (Lipinski definition) is 2. The number of carbonyl (C=O) groups is 1. The van der Waals surface area contributed by atoms with Crippen molar-refractivity contribution in [1.82, 2.24) is 9.88 Å². The van der Waals surface area contributed by atoms with Crippen LogP contribution < -0.4 is 5.32 Å². The van der Waals surface area contributed by atoms with Crippen molar-refractivity contribution in [3.05, 3.63) is 42.7 Å². The van der Waals surface area contributed by atoms with Gasteiger partial charge in [-0.15, -0.1) is 0 Å². The molecule has 4 heteroatoms. The summed E-state index contributed by atoms with van der Waals surface area (Å²) in [4.78, 5) is 15.6. The molecule has 2 aromatic rings. The van der Waals surface area contributed by atoms with Crippen LogP contribution in [0.2, 0.25) is 0 Å². The Bertz CT molecular complexity index is 623. The van der Waals surface area contributed by atoms with Crippen molar-refractivity contribution in [2.45, 2.75) is 25.4 Å². The Morgan fingerprint density at radius 2 is 2.00 bits per heavy atom. The van der Waals surface area contributed by atoms with E-state index < -0.39 is 0 Å². The van der Waals surface area contributed by atoms with Crippen LogP contribution >= 0.6 is 0 Å². The van der Waals surface area contributed by atoms with E-state index in [0.29, 0.717) is 12.6 Å². The molecule has 1 saturated carbocycles. The van der Waals surface area contributed by atoms with Crippen LogP contribution in [0.4, 0.5) is 5.69 Å². The zero-order valence-electron chi connectivity index (χ0n) is 11.2. The lowest BCUT2D eigenvalue weighted by atomic mass is 10.1. The number of amides is 1. The standard InChI is InChI=1S/C16H17N3O/c1-17-14-4-2-12(3-5-14)13-8-9-19(10-13)11-16(20)18-15-6-7-15/h2-5,8-10,15H,1,6-7,11H2,(H,18,20). The fraction of sp³-hybridized carbons (Fsp3) is 0.250. The summed E-state index contributed by atoms with van der Waals surface area (Å²) < 4.78 is 1.91. The number of carbonyl (C=O) groups excluding carboxylic acids is 1. The second-order valence-corrected chi connectivity index (χ2v) is 5.12. The van der Waals surface area contributed by atoms with E-state index in [0.717, 1.165) is 29.7 Å². The van der Waals surface area contributed by atoms with Crippen LogP contribution in [0, 0.1) is 0 Å². The summed E-state index contributed by atoms with van der Waals surface area (Å²) in [5.74, 6) is 0.0841. The van der Waals surface area contributed by atoms with Gasteiger partial charge in [-0.25, -0.2) is 0 Å². The summed E-state index contributed by atoms with van der Waals surface area (Å²) in [7, 11) is 0. The van der Waals surface area contributed by atoms with Crippen molar-refractivity contribution in [3.63, 3.8) is 0 Å². The highest BCUT2D eigenvalue weighted by atomic mass is 16.2. The molecule has 0 bridgehead atoms.